The molecular formula is C27H41NO9. The molecule has 1 rings (SSSR count). The molecule has 3 N–H and O–H groups in total. The number of hydrogen-bond acceptors (Lipinski definition) is 9. The second kappa shape index (κ2) is 16.6. The average Bonchev–Trinajstić information content (AvgIpc) is 2.83. The minimum absolute atomic E-state index is 0.0147. The van der Waals surface area contributed by atoms with E-state index in [1.807, 2.05) is 20.8 Å². The number of rotatable bonds is 16. The molecule has 0 aliphatic carbocycles. The third-order valence-corrected chi connectivity index (χ3v) is 5.94. The lowest BCUT2D eigenvalue weighted by molar-refractivity contribution is -0.140. The van der Waals surface area contributed by atoms with E-state index in [-0.39, 0.29) is 30.9 Å². The van der Waals surface area contributed by atoms with Crippen LogP contribution in [0.4, 0.5) is 4.79 Å². The van der Waals surface area contributed by atoms with Crippen LogP contribution in [-0.4, -0.2) is 47.9 Å². The molecule has 0 aromatic heterocycles. The summed E-state index contributed by atoms with van der Waals surface area (Å²) in [5, 5.41) is 9.70. The first-order valence-electron chi connectivity index (χ1n) is 12.9. The highest BCUT2D eigenvalue weighted by Crippen LogP contribution is 2.37. The predicted molar refractivity (Wildman–Crippen MR) is 136 cm³/mol. The summed E-state index contributed by atoms with van der Waals surface area (Å²) >= 11 is 0. The van der Waals surface area contributed by atoms with Crippen molar-refractivity contribution in [3.63, 3.8) is 0 Å². The smallest absolute Gasteiger partial charge is 0.480 e. The summed E-state index contributed by atoms with van der Waals surface area (Å²) in [6, 6.07) is 3.08. The summed E-state index contributed by atoms with van der Waals surface area (Å²) in [6.45, 7) is 9.25. The van der Waals surface area contributed by atoms with Crippen LogP contribution in [-0.2, 0) is 23.9 Å². The molecule has 0 heterocycles. The number of ether oxygens (including phenoxy) is 4. The maximum absolute atomic E-state index is 12.2. The van der Waals surface area contributed by atoms with Gasteiger partial charge in [-0.1, -0.05) is 46.6 Å². The van der Waals surface area contributed by atoms with Gasteiger partial charge in [-0.2, -0.15) is 0 Å². The normalized spacial score (nSPS) is 14.1. The Hall–Kier alpha value is -3.14. The van der Waals surface area contributed by atoms with Crippen molar-refractivity contribution in [2.75, 3.05) is 6.61 Å². The van der Waals surface area contributed by atoms with Crippen LogP contribution in [0.3, 0.4) is 0 Å². The van der Waals surface area contributed by atoms with E-state index in [1.165, 1.54) is 12.1 Å². The van der Waals surface area contributed by atoms with Gasteiger partial charge in [-0.05, 0) is 43.9 Å². The fraction of sp³-hybridized carbons (Fsp3) is 0.630. The Morgan fingerprint density at radius 3 is 2.03 bits per heavy atom. The molecule has 10 heteroatoms. The molecule has 0 fully saturated rings. The van der Waals surface area contributed by atoms with Crippen LogP contribution in [0.25, 0.3) is 0 Å². The number of carboxylic acid groups (broad SMARTS) is 1. The molecular weight excluding hydrogens is 482 g/mol. The molecule has 0 aliphatic heterocycles. The van der Waals surface area contributed by atoms with Crippen LogP contribution in [0.5, 0.6) is 11.5 Å². The third-order valence-electron chi connectivity index (χ3n) is 5.94. The van der Waals surface area contributed by atoms with E-state index in [0.29, 0.717) is 18.4 Å². The highest BCUT2D eigenvalue weighted by molar-refractivity contribution is 5.77. The summed E-state index contributed by atoms with van der Waals surface area (Å²) in [6.07, 6.45) is 2.48. The molecule has 0 spiro atoms. The van der Waals surface area contributed by atoms with E-state index in [0.717, 1.165) is 19.3 Å². The average molecular weight is 524 g/mol. The van der Waals surface area contributed by atoms with Crippen LogP contribution in [0.1, 0.15) is 91.0 Å². The van der Waals surface area contributed by atoms with E-state index >= 15 is 0 Å². The Labute approximate surface area is 218 Å². The van der Waals surface area contributed by atoms with Crippen molar-refractivity contribution in [3.8, 4) is 11.5 Å². The predicted octanol–water partition coefficient (Wildman–Crippen LogP) is 4.96. The van der Waals surface area contributed by atoms with Gasteiger partial charge in [-0.25, -0.2) is 4.79 Å². The molecule has 0 bridgehead atoms. The molecule has 37 heavy (non-hydrogen) atoms. The molecule has 0 radical (unpaired) electrons. The van der Waals surface area contributed by atoms with Crippen LogP contribution in [0.2, 0.25) is 0 Å². The highest BCUT2D eigenvalue weighted by Gasteiger charge is 2.36. The van der Waals surface area contributed by atoms with Crippen molar-refractivity contribution in [2.45, 2.75) is 97.6 Å². The van der Waals surface area contributed by atoms with E-state index in [1.54, 1.807) is 19.9 Å². The van der Waals surface area contributed by atoms with Crippen molar-refractivity contribution in [1.29, 1.82) is 0 Å². The second-order valence-electron chi connectivity index (χ2n) is 9.03. The number of nitrogens with two attached hydrogens (primary N) is 1. The molecule has 1 aromatic carbocycles. The minimum atomic E-state index is -1.37. The molecule has 0 amide bonds. The quantitative estimate of drug-likeness (QED) is 0.173. The lowest BCUT2D eigenvalue weighted by Crippen LogP contribution is -2.42. The monoisotopic (exact) mass is 523 g/mol. The number of hydrogen-bond donors (Lipinski definition) is 2. The zero-order valence-electron chi connectivity index (χ0n) is 22.5. The zero-order chi connectivity index (χ0) is 28.0. The van der Waals surface area contributed by atoms with Crippen LogP contribution in [0.15, 0.2) is 18.2 Å². The maximum Gasteiger partial charge on any atom is 0.508 e. The van der Waals surface area contributed by atoms with Gasteiger partial charge in [0.25, 0.3) is 0 Å². The summed E-state index contributed by atoms with van der Waals surface area (Å²) in [7, 11) is 0. The largest absolute Gasteiger partial charge is 0.508 e. The van der Waals surface area contributed by atoms with E-state index in [9.17, 15) is 24.3 Å². The third kappa shape index (κ3) is 10.8. The van der Waals surface area contributed by atoms with Gasteiger partial charge in [0.15, 0.2) is 11.5 Å². The fourth-order valence-electron chi connectivity index (χ4n) is 3.74. The van der Waals surface area contributed by atoms with E-state index in [2.05, 4.69) is 0 Å². The first-order chi connectivity index (χ1) is 17.5. The number of carbonyl (C=O) groups is 4. The summed E-state index contributed by atoms with van der Waals surface area (Å²) < 4.78 is 21.3. The zero-order valence-corrected chi connectivity index (χ0v) is 22.5. The van der Waals surface area contributed by atoms with Gasteiger partial charge >= 0.3 is 24.1 Å². The first kappa shape index (κ1) is 31.9. The van der Waals surface area contributed by atoms with Crippen molar-refractivity contribution in [3.05, 3.63) is 23.8 Å². The fourth-order valence-corrected chi connectivity index (χ4v) is 3.74. The summed E-state index contributed by atoms with van der Waals surface area (Å²) in [5.41, 5.74) is 6.49. The Bertz CT molecular complexity index is 902. The van der Waals surface area contributed by atoms with Crippen molar-refractivity contribution >= 4 is 24.1 Å². The van der Waals surface area contributed by atoms with Gasteiger partial charge in [0, 0.05) is 24.7 Å². The molecule has 4 atom stereocenters. The summed E-state index contributed by atoms with van der Waals surface area (Å²) in [5.74, 6) is -3.65. The Kier molecular flexibility index (Phi) is 14.3. The Balaban J connectivity index is 3.27. The topological polar surface area (TPSA) is 151 Å². The lowest BCUT2D eigenvalue weighted by atomic mass is 9.79. The number of benzene rings is 1. The van der Waals surface area contributed by atoms with Crippen LogP contribution in [0, 0.1) is 5.92 Å². The molecule has 10 nitrogen and oxygen atoms in total. The Morgan fingerprint density at radius 2 is 1.49 bits per heavy atom. The van der Waals surface area contributed by atoms with Gasteiger partial charge in [-0.3, -0.25) is 14.4 Å². The van der Waals surface area contributed by atoms with Gasteiger partial charge in [-0.15, -0.1) is 0 Å². The van der Waals surface area contributed by atoms with Crippen LogP contribution >= 0.6 is 0 Å². The van der Waals surface area contributed by atoms with Crippen molar-refractivity contribution in [2.24, 2.45) is 11.7 Å². The molecule has 3 unspecified atom stereocenters. The second-order valence-corrected chi connectivity index (χ2v) is 9.03. The minimum Gasteiger partial charge on any atom is -0.480 e. The van der Waals surface area contributed by atoms with Gasteiger partial charge in [0.2, 0.25) is 0 Å². The SMILES string of the molecule is CCCCCOC(=O)OC(C)C(C)C(c1ccc(OC(=O)CCC)c(OC(=O)CCC)c1)[C@H](N)C(=O)O. The summed E-state index contributed by atoms with van der Waals surface area (Å²) in [4.78, 5) is 48.3. The molecule has 0 saturated heterocycles. The number of carbonyl (C=O) groups excluding carboxylic acids is 3. The highest BCUT2D eigenvalue weighted by atomic mass is 16.7. The van der Waals surface area contributed by atoms with E-state index < -0.39 is 48.0 Å². The number of aliphatic carboxylic acids is 1. The molecule has 1 aromatic rings. The van der Waals surface area contributed by atoms with Crippen molar-refractivity contribution < 1.29 is 43.2 Å². The Morgan fingerprint density at radius 1 is 0.892 bits per heavy atom. The maximum atomic E-state index is 12.2. The molecule has 208 valence electrons. The molecule has 0 aliphatic rings. The first-order valence-corrected chi connectivity index (χ1v) is 12.9. The van der Waals surface area contributed by atoms with Gasteiger partial charge < -0.3 is 29.8 Å². The number of unbranched alkanes of at least 4 members (excludes halogenated alkanes) is 2. The number of carboxylic acids is 1. The standard InChI is InChI=1S/C27H41NO9/c1-6-9-10-15-34-27(33)35-18(5)17(4)24(25(28)26(31)32)19-13-14-20(36-22(29)11-7-2)21(16-19)37-23(30)12-8-3/h13-14,16-18,24-25H,6-12,15,28H2,1-5H3,(H,31,32)/t17?,18?,24?,25-/m0/s1. The van der Waals surface area contributed by atoms with Crippen LogP contribution < -0.4 is 15.2 Å². The van der Waals surface area contributed by atoms with Crippen molar-refractivity contribution in [1.82, 2.24) is 0 Å². The molecule has 0 saturated carbocycles. The van der Waals surface area contributed by atoms with Gasteiger partial charge in [0.05, 0.1) is 6.61 Å². The number of esters is 2. The van der Waals surface area contributed by atoms with E-state index in [4.69, 9.17) is 24.7 Å². The van der Waals surface area contributed by atoms with Gasteiger partial charge in [0.1, 0.15) is 12.1 Å². The lowest BCUT2D eigenvalue weighted by Gasteiger charge is -2.31.